The Bertz CT molecular complexity index is 280. The van der Waals surface area contributed by atoms with Crippen molar-refractivity contribution in [3.05, 3.63) is 40.2 Å². The van der Waals surface area contributed by atoms with Crippen LogP contribution in [-0.4, -0.2) is 18.2 Å². The number of benzene rings is 1. The number of methoxy groups -OCH3 is 1. The quantitative estimate of drug-likeness (QED) is 0.237. The summed E-state index contributed by atoms with van der Waals surface area (Å²) in [6, 6.07) is 6.61. The zero-order valence-corrected chi connectivity index (χ0v) is 9.56. The molecule has 0 aliphatic rings. The van der Waals surface area contributed by atoms with Crippen LogP contribution in [0.1, 0.15) is 5.56 Å². The molecule has 1 rings (SSSR count). The molecule has 0 atom stereocenters. The van der Waals surface area contributed by atoms with Crippen LogP contribution >= 0.6 is 0 Å². The van der Waals surface area contributed by atoms with E-state index in [-0.39, 0.29) is 29.6 Å². The average Bonchev–Trinajstić information content (AvgIpc) is 2.05. The molecule has 4 nitrogen and oxygen atoms in total. The van der Waals surface area contributed by atoms with Gasteiger partial charge in [-0.3, -0.25) is 0 Å². The third-order valence-electron chi connectivity index (χ3n) is 1.37. The Balaban J connectivity index is 0.00000144. The molecule has 13 heavy (non-hydrogen) atoms. The summed E-state index contributed by atoms with van der Waals surface area (Å²) in [5.41, 5.74) is 0.556. The number of rotatable bonds is 2. The van der Waals surface area contributed by atoms with E-state index in [1.54, 1.807) is 31.4 Å². The third kappa shape index (κ3) is 4.17. The summed E-state index contributed by atoms with van der Waals surface area (Å²) < 4.78 is 4.89. The molecule has 0 saturated carbocycles. The summed E-state index contributed by atoms with van der Waals surface area (Å²) >= 11 is 0. The maximum Gasteiger partial charge on any atom is 1.00 e. The van der Waals surface area contributed by atoms with Crippen LogP contribution in [-0.2, 0) is 0 Å². The minimum atomic E-state index is -0.484. The summed E-state index contributed by atoms with van der Waals surface area (Å²) in [5, 5.41) is 20.1. The van der Waals surface area contributed by atoms with Crippen LogP contribution < -0.4 is 34.3 Å². The topological polar surface area (TPSA) is 58.4 Å². The van der Waals surface area contributed by atoms with Crippen molar-refractivity contribution >= 4 is 6.21 Å². The van der Waals surface area contributed by atoms with Gasteiger partial charge in [0.25, 0.3) is 0 Å². The van der Waals surface area contributed by atoms with Crippen molar-refractivity contribution in [1.29, 1.82) is 0 Å². The van der Waals surface area contributed by atoms with E-state index in [1.165, 1.54) is 0 Å². The van der Waals surface area contributed by atoms with Gasteiger partial charge in [0.2, 0.25) is 0 Å². The Kier molecular flexibility index (Phi) is 5.53. The van der Waals surface area contributed by atoms with E-state index in [1.807, 2.05) is 0 Å². The van der Waals surface area contributed by atoms with Gasteiger partial charge in [-0.2, -0.15) is 4.90 Å². The predicted molar refractivity (Wildman–Crippen MR) is 45.2 cm³/mol. The number of hydrogen-bond donors (Lipinski definition) is 0. The van der Waals surface area contributed by atoms with Crippen LogP contribution in [0, 0.1) is 10.4 Å². The van der Waals surface area contributed by atoms with Gasteiger partial charge in [0.05, 0.1) is 7.11 Å². The maximum atomic E-state index is 10.0. The van der Waals surface area contributed by atoms with Gasteiger partial charge in [0, 0.05) is 5.56 Å². The molecule has 5 heteroatoms. The van der Waals surface area contributed by atoms with E-state index in [0.717, 1.165) is 6.21 Å². The second-order valence-electron chi connectivity index (χ2n) is 2.19. The molecule has 0 saturated heterocycles. The summed E-state index contributed by atoms with van der Waals surface area (Å²) in [4.78, 5) is -0.484. The van der Waals surface area contributed by atoms with E-state index in [4.69, 9.17) is 4.74 Å². The standard InChI is InChI=1S/C8H8NO3.Na/c1-12-8-4-2-7(3-5-8)6-9(10)11;/h2-6H,1H3;/q-1;+1. The van der Waals surface area contributed by atoms with E-state index >= 15 is 0 Å². The molecule has 0 fully saturated rings. The molecule has 0 aliphatic carbocycles. The fourth-order valence-electron chi connectivity index (χ4n) is 0.812. The van der Waals surface area contributed by atoms with Gasteiger partial charge in [-0.15, -0.1) is 0 Å². The molecule has 0 radical (unpaired) electrons. The first-order valence-electron chi connectivity index (χ1n) is 3.35. The van der Waals surface area contributed by atoms with Gasteiger partial charge < -0.3 is 15.2 Å². The molecular weight excluding hydrogens is 181 g/mol. The van der Waals surface area contributed by atoms with Gasteiger partial charge in [0.1, 0.15) is 5.75 Å². The van der Waals surface area contributed by atoms with Crippen LogP contribution in [0.3, 0.4) is 0 Å². The summed E-state index contributed by atoms with van der Waals surface area (Å²) in [6.07, 6.45) is 0.944. The second-order valence-corrected chi connectivity index (χ2v) is 2.19. The van der Waals surface area contributed by atoms with Crippen LogP contribution in [0.2, 0.25) is 0 Å². The molecular formula is C8H8NNaO3. The maximum absolute atomic E-state index is 10.0. The van der Waals surface area contributed by atoms with Crippen LogP contribution in [0.5, 0.6) is 5.75 Å². The first kappa shape index (κ1) is 12.3. The predicted octanol–water partition coefficient (Wildman–Crippen LogP) is -1.87. The summed E-state index contributed by atoms with van der Waals surface area (Å²) in [6.45, 7) is 0. The van der Waals surface area contributed by atoms with Crippen molar-refractivity contribution in [2.45, 2.75) is 0 Å². The molecule has 64 valence electrons. The molecule has 1 aromatic rings. The van der Waals surface area contributed by atoms with E-state index in [9.17, 15) is 10.4 Å². The Morgan fingerprint density at radius 2 is 1.77 bits per heavy atom. The smallest absolute Gasteiger partial charge is 0.612 e. The third-order valence-corrected chi connectivity index (χ3v) is 1.37. The van der Waals surface area contributed by atoms with Gasteiger partial charge >= 0.3 is 29.6 Å². The Morgan fingerprint density at radius 3 is 2.15 bits per heavy atom. The average molecular weight is 189 g/mol. The van der Waals surface area contributed by atoms with Gasteiger partial charge in [-0.05, 0) is 24.3 Å². The largest absolute Gasteiger partial charge is 1.00 e. The Labute approximate surface area is 98.3 Å². The van der Waals surface area contributed by atoms with Gasteiger partial charge in [0.15, 0.2) is 6.21 Å². The fraction of sp³-hybridized carbons (Fsp3) is 0.125. The van der Waals surface area contributed by atoms with Crippen LogP contribution in [0.15, 0.2) is 24.3 Å². The van der Waals surface area contributed by atoms with E-state index in [0.29, 0.717) is 11.3 Å². The molecule has 0 heterocycles. The van der Waals surface area contributed by atoms with Crippen LogP contribution in [0.25, 0.3) is 0 Å². The molecule has 0 aliphatic heterocycles. The van der Waals surface area contributed by atoms with Crippen molar-refractivity contribution < 1.29 is 39.2 Å². The fourth-order valence-corrected chi connectivity index (χ4v) is 0.812. The molecule has 0 N–H and O–H groups in total. The molecule has 0 aromatic heterocycles. The number of ether oxygens (including phenoxy) is 1. The Hall–Kier alpha value is -0.710. The normalized spacial score (nSPS) is 8.38. The minimum Gasteiger partial charge on any atom is -0.612 e. The summed E-state index contributed by atoms with van der Waals surface area (Å²) in [5.74, 6) is 0.690. The number of hydrogen-bond acceptors (Lipinski definition) is 3. The molecule has 0 spiro atoms. The summed E-state index contributed by atoms with van der Waals surface area (Å²) in [7, 11) is 1.55. The molecule has 0 unspecified atom stereocenters. The zero-order valence-electron chi connectivity index (χ0n) is 7.56. The van der Waals surface area contributed by atoms with E-state index < -0.39 is 4.90 Å². The SMILES string of the molecule is COc1ccc(C=[N+]([O-])[O-])cc1.[Na+]. The zero-order chi connectivity index (χ0) is 8.97. The Morgan fingerprint density at radius 1 is 1.23 bits per heavy atom. The number of nitrogens with zero attached hydrogens (tertiary/aromatic N) is 1. The van der Waals surface area contributed by atoms with E-state index in [2.05, 4.69) is 0 Å². The van der Waals surface area contributed by atoms with Crippen molar-refractivity contribution in [3.8, 4) is 5.75 Å². The van der Waals surface area contributed by atoms with Crippen molar-refractivity contribution in [3.63, 3.8) is 0 Å². The van der Waals surface area contributed by atoms with Gasteiger partial charge in [-0.25, -0.2) is 0 Å². The van der Waals surface area contributed by atoms with Crippen molar-refractivity contribution in [2.24, 2.45) is 0 Å². The molecule has 1 aromatic carbocycles. The second kappa shape index (κ2) is 5.85. The monoisotopic (exact) mass is 189 g/mol. The van der Waals surface area contributed by atoms with Crippen LogP contribution in [0.4, 0.5) is 0 Å². The molecule has 0 amide bonds. The van der Waals surface area contributed by atoms with Gasteiger partial charge in [-0.1, -0.05) is 0 Å². The minimum absolute atomic E-state index is 0. The first-order chi connectivity index (χ1) is 5.72. The first-order valence-corrected chi connectivity index (χ1v) is 3.35. The van der Waals surface area contributed by atoms with Crippen molar-refractivity contribution in [2.75, 3.05) is 7.11 Å². The van der Waals surface area contributed by atoms with Crippen molar-refractivity contribution in [1.82, 2.24) is 0 Å². The molecule has 0 bridgehead atoms.